The van der Waals surface area contributed by atoms with Crippen LogP contribution in [0.5, 0.6) is 0 Å². The van der Waals surface area contributed by atoms with E-state index in [1.165, 1.54) is 11.9 Å². The highest BCUT2D eigenvalue weighted by atomic mass is 79.9. The zero-order chi connectivity index (χ0) is 25.8. The van der Waals surface area contributed by atoms with Crippen molar-refractivity contribution in [2.75, 3.05) is 13.7 Å². The molecule has 1 aromatic carbocycles. The lowest BCUT2D eigenvalue weighted by atomic mass is 9.70. The number of aliphatic hydroxyl groups is 1. The van der Waals surface area contributed by atoms with Crippen LogP contribution in [-0.4, -0.2) is 85.0 Å². The maximum absolute atomic E-state index is 14.0. The quantitative estimate of drug-likeness (QED) is 0.396. The van der Waals surface area contributed by atoms with E-state index >= 15 is 0 Å². The number of amides is 3. The SMILES string of the molecule is CC[C@H](C)[C@H](CO)N1C(=O)[C@@H]2[C@@H](C(=O)NC)[C@@H]3OC2(CC3Br)C1C(=O)NCn1nnc2ccccc21. The fourth-order valence-corrected chi connectivity index (χ4v) is 7.23. The maximum atomic E-state index is 14.0. The van der Waals surface area contributed by atoms with E-state index in [2.05, 4.69) is 36.9 Å². The summed E-state index contributed by atoms with van der Waals surface area (Å²) in [5.74, 6) is -2.63. The molecule has 3 aliphatic rings. The first-order valence-corrected chi connectivity index (χ1v) is 13.2. The minimum atomic E-state index is -1.18. The molecule has 11 nitrogen and oxygen atoms in total. The molecule has 3 aliphatic heterocycles. The Balaban J connectivity index is 1.52. The number of carbonyl (C=O) groups excluding carboxylic acids is 3. The van der Waals surface area contributed by atoms with Gasteiger partial charge in [-0.05, 0) is 24.5 Å². The summed E-state index contributed by atoms with van der Waals surface area (Å²) in [6.07, 6.45) is 0.586. The van der Waals surface area contributed by atoms with E-state index in [1.54, 1.807) is 4.68 Å². The van der Waals surface area contributed by atoms with Crippen LogP contribution in [0.1, 0.15) is 26.7 Å². The number of rotatable bonds is 8. The van der Waals surface area contributed by atoms with Crippen LogP contribution in [0.15, 0.2) is 24.3 Å². The van der Waals surface area contributed by atoms with Crippen molar-refractivity contribution in [1.29, 1.82) is 0 Å². The van der Waals surface area contributed by atoms with Crippen LogP contribution in [0, 0.1) is 17.8 Å². The van der Waals surface area contributed by atoms with Gasteiger partial charge in [0.2, 0.25) is 17.7 Å². The molecular weight excluding hydrogens is 532 g/mol. The Kier molecular flexibility index (Phi) is 6.54. The number of nitrogens with one attached hydrogen (secondary N) is 2. The van der Waals surface area contributed by atoms with Crippen LogP contribution in [0.2, 0.25) is 0 Å². The first-order valence-electron chi connectivity index (χ1n) is 12.3. The lowest BCUT2D eigenvalue weighted by molar-refractivity contribution is -0.147. The van der Waals surface area contributed by atoms with Gasteiger partial charge in [-0.2, -0.15) is 0 Å². The lowest BCUT2D eigenvalue weighted by Crippen LogP contribution is -2.59. The molecular formula is C24H31BrN6O5. The number of para-hydroxylation sites is 1. The maximum Gasteiger partial charge on any atom is 0.247 e. The van der Waals surface area contributed by atoms with E-state index in [-0.39, 0.29) is 35.8 Å². The van der Waals surface area contributed by atoms with Crippen molar-refractivity contribution in [3.63, 3.8) is 0 Å². The van der Waals surface area contributed by atoms with E-state index in [1.807, 2.05) is 38.1 Å². The number of carbonyl (C=O) groups is 3. The number of aliphatic hydroxyl groups excluding tert-OH is 1. The normalized spacial score (nSPS) is 32.5. The highest BCUT2D eigenvalue weighted by Crippen LogP contribution is 2.60. The van der Waals surface area contributed by atoms with Crippen molar-refractivity contribution in [2.24, 2.45) is 17.8 Å². The number of fused-ring (bicyclic) bond motifs is 2. The summed E-state index contributed by atoms with van der Waals surface area (Å²) in [5, 5.41) is 24.2. The number of halogens is 1. The van der Waals surface area contributed by atoms with Gasteiger partial charge in [-0.3, -0.25) is 14.4 Å². The summed E-state index contributed by atoms with van der Waals surface area (Å²) in [5.41, 5.74) is 0.287. The van der Waals surface area contributed by atoms with Crippen molar-refractivity contribution in [2.45, 2.75) is 62.0 Å². The zero-order valence-electron chi connectivity index (χ0n) is 20.4. The first-order chi connectivity index (χ1) is 17.3. The third-order valence-corrected chi connectivity index (χ3v) is 9.04. The Morgan fingerprint density at radius 3 is 2.78 bits per heavy atom. The van der Waals surface area contributed by atoms with Crippen LogP contribution < -0.4 is 10.6 Å². The predicted octanol–water partition coefficient (Wildman–Crippen LogP) is 0.406. The fourth-order valence-electron chi connectivity index (χ4n) is 6.29. The molecule has 36 heavy (non-hydrogen) atoms. The van der Waals surface area contributed by atoms with Gasteiger partial charge in [-0.1, -0.05) is 53.5 Å². The van der Waals surface area contributed by atoms with E-state index in [4.69, 9.17) is 4.74 Å². The summed E-state index contributed by atoms with van der Waals surface area (Å²) in [7, 11) is 1.53. The number of alkyl halides is 1. The first kappa shape index (κ1) is 25.1. The summed E-state index contributed by atoms with van der Waals surface area (Å²) in [6, 6.07) is 5.82. The minimum Gasteiger partial charge on any atom is -0.394 e. The van der Waals surface area contributed by atoms with Gasteiger partial charge in [0, 0.05) is 11.9 Å². The Hall–Kier alpha value is -2.57. The molecule has 3 N–H and O–H groups in total. The van der Waals surface area contributed by atoms with E-state index < -0.39 is 41.5 Å². The Morgan fingerprint density at radius 2 is 2.08 bits per heavy atom. The summed E-state index contributed by atoms with van der Waals surface area (Å²) >= 11 is 3.64. The third-order valence-electron chi connectivity index (χ3n) is 8.19. The van der Waals surface area contributed by atoms with Gasteiger partial charge in [-0.15, -0.1) is 5.10 Å². The van der Waals surface area contributed by atoms with Crippen molar-refractivity contribution >= 4 is 44.7 Å². The summed E-state index contributed by atoms with van der Waals surface area (Å²) in [4.78, 5) is 42.1. The number of ether oxygens (including phenoxy) is 1. The van der Waals surface area contributed by atoms with Crippen LogP contribution in [0.3, 0.4) is 0 Å². The molecule has 1 aromatic heterocycles. The van der Waals surface area contributed by atoms with Gasteiger partial charge < -0.3 is 25.4 Å². The second-order valence-corrected chi connectivity index (χ2v) is 11.1. The molecule has 3 unspecified atom stereocenters. The highest BCUT2D eigenvalue weighted by Gasteiger charge is 2.77. The predicted molar refractivity (Wildman–Crippen MR) is 133 cm³/mol. The molecule has 3 saturated heterocycles. The number of hydrogen-bond acceptors (Lipinski definition) is 7. The molecule has 194 valence electrons. The van der Waals surface area contributed by atoms with Gasteiger partial charge in [0.25, 0.3) is 0 Å². The van der Waals surface area contributed by atoms with Crippen LogP contribution in [0.4, 0.5) is 0 Å². The van der Waals surface area contributed by atoms with Crippen LogP contribution >= 0.6 is 15.9 Å². The number of benzene rings is 1. The molecule has 12 heteroatoms. The second-order valence-electron chi connectivity index (χ2n) is 9.94. The average molecular weight is 563 g/mol. The number of aromatic nitrogens is 3. The van der Waals surface area contributed by atoms with Gasteiger partial charge in [0.15, 0.2) is 0 Å². The highest BCUT2D eigenvalue weighted by molar-refractivity contribution is 9.09. The van der Waals surface area contributed by atoms with Gasteiger partial charge in [0.05, 0.1) is 36.1 Å². The zero-order valence-corrected chi connectivity index (χ0v) is 22.0. The summed E-state index contributed by atoms with van der Waals surface area (Å²) < 4.78 is 8.01. The van der Waals surface area contributed by atoms with Gasteiger partial charge in [0.1, 0.15) is 23.8 Å². The molecule has 2 bridgehead atoms. The molecule has 3 amide bonds. The largest absolute Gasteiger partial charge is 0.394 e. The average Bonchev–Trinajstić information content (AvgIpc) is 3.60. The Morgan fingerprint density at radius 1 is 1.33 bits per heavy atom. The van der Waals surface area contributed by atoms with E-state index in [0.29, 0.717) is 18.4 Å². The molecule has 3 fully saturated rings. The van der Waals surface area contributed by atoms with Crippen LogP contribution in [-0.2, 0) is 25.8 Å². The van der Waals surface area contributed by atoms with Gasteiger partial charge in [-0.25, -0.2) is 4.68 Å². The lowest BCUT2D eigenvalue weighted by Gasteiger charge is -2.38. The Labute approximate surface area is 217 Å². The Bertz CT molecular complexity index is 1190. The number of hydrogen-bond donors (Lipinski definition) is 3. The molecule has 4 heterocycles. The molecule has 2 aromatic rings. The van der Waals surface area contributed by atoms with E-state index in [0.717, 1.165) is 5.52 Å². The van der Waals surface area contributed by atoms with E-state index in [9.17, 15) is 19.5 Å². The second kappa shape index (κ2) is 9.38. The number of nitrogens with zero attached hydrogens (tertiary/aromatic N) is 4. The summed E-state index contributed by atoms with van der Waals surface area (Å²) in [6.45, 7) is 3.67. The molecule has 1 spiro atoms. The smallest absolute Gasteiger partial charge is 0.247 e. The fraction of sp³-hybridized carbons (Fsp3) is 0.625. The minimum absolute atomic E-state index is 0.0474. The molecule has 0 aliphatic carbocycles. The van der Waals surface area contributed by atoms with Crippen LogP contribution in [0.25, 0.3) is 11.0 Å². The van der Waals surface area contributed by atoms with Crippen molar-refractivity contribution in [1.82, 2.24) is 30.5 Å². The van der Waals surface area contributed by atoms with Gasteiger partial charge >= 0.3 is 0 Å². The molecule has 5 rings (SSSR count). The topological polar surface area (TPSA) is 139 Å². The molecule has 8 atom stereocenters. The monoisotopic (exact) mass is 562 g/mol. The standard InChI is InChI=1S/C24H31BrN6O5/c1-4-12(2)16(10-32)31-20(22(34)27-11-30-15-8-6-5-7-14(15)28-29-30)24-9-13(25)19(36-24)17(21(33)26-3)18(24)23(31)35/h5-8,12-13,16-20,32H,4,9-11H2,1-3H3,(H,26,33)(H,27,34)/t12-,13?,16-,17+,18-,19+,20?,24?/m0/s1. The third kappa shape index (κ3) is 3.56. The van der Waals surface area contributed by atoms with Crippen molar-refractivity contribution in [3.05, 3.63) is 24.3 Å². The van der Waals surface area contributed by atoms with Crippen molar-refractivity contribution < 1.29 is 24.2 Å². The molecule has 0 radical (unpaired) electrons. The van der Waals surface area contributed by atoms with Crippen molar-refractivity contribution in [3.8, 4) is 0 Å². The molecule has 0 saturated carbocycles. The number of likely N-dealkylation sites (tertiary alicyclic amines) is 1.